The van der Waals surface area contributed by atoms with Crippen LogP contribution in [0.25, 0.3) is 0 Å². The summed E-state index contributed by atoms with van der Waals surface area (Å²) in [5, 5.41) is 32.1. The summed E-state index contributed by atoms with van der Waals surface area (Å²) >= 11 is 0. The molecular weight excluding hydrogens is 596 g/mol. The van der Waals surface area contributed by atoms with Gasteiger partial charge in [-0.3, -0.25) is 9.59 Å². The van der Waals surface area contributed by atoms with Crippen molar-refractivity contribution in [3.63, 3.8) is 0 Å². The van der Waals surface area contributed by atoms with E-state index in [1.54, 1.807) is 11.0 Å². The summed E-state index contributed by atoms with van der Waals surface area (Å²) in [6.45, 7) is 8.40. The molecule has 2 heterocycles. The monoisotopic (exact) mass is 643 g/mol. The molecule has 1 saturated heterocycles. The van der Waals surface area contributed by atoms with Crippen molar-refractivity contribution in [2.24, 2.45) is 34.0 Å². The number of β-amino-alcohol motifs (C(OH)–C–C–N with tert-alkyl or cyclic N) is 1. The average molecular weight is 644 g/mol. The molecule has 0 aromatic heterocycles. The lowest BCUT2D eigenvalue weighted by Gasteiger charge is -2.62. The number of aliphatic hydroxyl groups is 2. The fraction of sp³-hybridized carbons (Fsp3) is 0.735. The molecule has 9 atom stereocenters. The van der Waals surface area contributed by atoms with Crippen molar-refractivity contribution in [1.82, 2.24) is 4.90 Å². The number of carbonyl (C=O) groups is 3. The first-order valence-electron chi connectivity index (χ1n) is 16.8. The molecule has 3 saturated carbocycles. The highest BCUT2D eigenvalue weighted by Crippen LogP contribution is 2.68. The van der Waals surface area contributed by atoms with Gasteiger partial charge in [-0.25, -0.2) is 9.18 Å². The highest BCUT2D eigenvalue weighted by atomic mass is 19.1. The quantitative estimate of drug-likeness (QED) is 0.302. The van der Waals surface area contributed by atoms with Crippen LogP contribution < -0.4 is 10.2 Å². The number of likely N-dealkylation sites (tertiary alicyclic amines) is 1. The number of nitrogens with zero attached hydrogens (tertiary/aromatic N) is 1. The maximum atomic E-state index is 15.1. The van der Waals surface area contributed by atoms with Crippen LogP contribution >= 0.6 is 0 Å². The van der Waals surface area contributed by atoms with Gasteiger partial charge in [0.25, 0.3) is 0 Å². The summed E-state index contributed by atoms with van der Waals surface area (Å²) in [6, 6.07) is 2.97. The first kappa shape index (κ1) is 33.4. The van der Waals surface area contributed by atoms with E-state index in [-0.39, 0.29) is 54.2 Å². The molecule has 1 aromatic rings. The Morgan fingerprint density at radius 3 is 2.65 bits per heavy atom. The number of halogens is 1. The van der Waals surface area contributed by atoms with E-state index >= 15 is 4.39 Å². The third kappa shape index (κ3) is 5.37. The normalized spacial score (nSPS) is 38.7. The largest absolute Gasteiger partial charge is 0.494 e. The van der Waals surface area contributed by atoms with Gasteiger partial charge in [0.1, 0.15) is 11.9 Å². The van der Waals surface area contributed by atoms with Crippen molar-refractivity contribution in [3.05, 3.63) is 23.5 Å². The van der Waals surface area contributed by atoms with Crippen molar-refractivity contribution >= 4 is 30.2 Å². The van der Waals surface area contributed by atoms with Gasteiger partial charge >= 0.3 is 13.1 Å². The number of hydrogen-bond donors (Lipinski definition) is 3. The Balaban J connectivity index is 1.28. The first-order chi connectivity index (χ1) is 21.7. The van der Waals surface area contributed by atoms with Crippen LogP contribution in [0.4, 0.5) is 4.39 Å². The smallest absolute Gasteiger partial charge is 0.479 e. The number of aliphatic hydroxyl groups excluding tert-OH is 2. The second kappa shape index (κ2) is 12.2. The lowest BCUT2D eigenvalue weighted by Crippen LogP contribution is -2.63. The highest BCUT2D eigenvalue weighted by molar-refractivity contribution is 6.61. The molecule has 12 heteroatoms. The number of esters is 1. The van der Waals surface area contributed by atoms with Crippen LogP contribution in [0.3, 0.4) is 0 Å². The van der Waals surface area contributed by atoms with E-state index < -0.39 is 66.0 Å². The lowest BCUT2D eigenvalue weighted by atomic mass is 9.43. The van der Waals surface area contributed by atoms with Gasteiger partial charge in [0.15, 0.2) is 18.2 Å². The Bertz CT molecular complexity index is 1390. The van der Waals surface area contributed by atoms with Gasteiger partial charge < -0.3 is 34.3 Å². The Morgan fingerprint density at radius 2 is 1.93 bits per heavy atom. The number of ether oxygens (including phenoxy) is 2. The molecule has 252 valence electrons. The number of carbonyl (C=O) groups excluding carboxylic acids is 3. The Labute approximate surface area is 270 Å². The molecule has 2 bridgehead atoms. The molecule has 2 aliphatic heterocycles. The standard InChI is InChI=1S/C34H47BFNO9/c1-19-7-12-34-13-8-23(39)30(34)33(19,4)25(46-27(41)18-44-24-6-5-21-17-45-35(43)28(21)29(24)36)15-32(3,31(42)20(34)2)11-9-26(40)37-14-10-22(38)16-37/h5-6,19-20,22,25,30-31,38,42-43H,7-18H2,1-4H3/t19-,20+,22?,25-,30+,31+,32-,33+,34+/m1/s1. The summed E-state index contributed by atoms with van der Waals surface area (Å²) in [6.07, 6.45) is 1.81. The van der Waals surface area contributed by atoms with E-state index in [1.807, 2.05) is 20.8 Å². The predicted octanol–water partition coefficient (Wildman–Crippen LogP) is 2.52. The fourth-order valence-corrected chi connectivity index (χ4v) is 9.82. The minimum absolute atomic E-state index is 0.0117. The Morgan fingerprint density at radius 1 is 1.17 bits per heavy atom. The van der Waals surface area contributed by atoms with Crippen LogP contribution in [-0.4, -0.2) is 82.9 Å². The van der Waals surface area contributed by atoms with Crippen LogP contribution in [0.5, 0.6) is 5.75 Å². The lowest BCUT2D eigenvalue weighted by molar-refractivity contribution is -0.213. The maximum absolute atomic E-state index is 15.1. The summed E-state index contributed by atoms with van der Waals surface area (Å²) in [5.41, 5.74) is -1.53. The van der Waals surface area contributed by atoms with Gasteiger partial charge in [-0.15, -0.1) is 0 Å². The molecule has 0 radical (unpaired) electrons. The molecule has 0 spiro atoms. The predicted molar refractivity (Wildman–Crippen MR) is 165 cm³/mol. The maximum Gasteiger partial charge on any atom is 0.494 e. The Kier molecular flexibility index (Phi) is 8.83. The minimum Gasteiger partial charge on any atom is -0.479 e. The number of rotatable bonds is 7. The molecule has 1 amide bonds. The number of Topliss-reactive ketones (excluding diaryl/α,β-unsaturated/α-hetero) is 1. The molecule has 5 aliphatic rings. The van der Waals surface area contributed by atoms with Gasteiger partial charge in [0, 0.05) is 42.7 Å². The SMILES string of the molecule is C[C@@H]1CC[C@@]23CCC(=O)[C@H]2[C@]1(C)[C@H](OC(=O)COc1ccc2c(c1F)B(O)OC2)C[C@@](C)(CCC(=O)N1CCC(O)C1)[C@@H](O)[C@@H]3C. The fourth-order valence-electron chi connectivity index (χ4n) is 9.82. The first-order valence-corrected chi connectivity index (χ1v) is 16.8. The molecular formula is C34H47BFNO9. The van der Waals surface area contributed by atoms with Crippen LogP contribution in [0, 0.1) is 39.8 Å². The molecule has 10 nitrogen and oxygen atoms in total. The molecule has 1 unspecified atom stereocenters. The van der Waals surface area contributed by atoms with E-state index in [0.717, 1.165) is 12.8 Å². The van der Waals surface area contributed by atoms with Gasteiger partial charge in [-0.05, 0) is 72.8 Å². The number of amides is 1. The zero-order chi connectivity index (χ0) is 33.2. The van der Waals surface area contributed by atoms with Crippen molar-refractivity contribution in [2.45, 2.75) is 104 Å². The zero-order valence-electron chi connectivity index (χ0n) is 27.3. The van der Waals surface area contributed by atoms with Crippen molar-refractivity contribution in [1.29, 1.82) is 0 Å². The summed E-state index contributed by atoms with van der Waals surface area (Å²) in [4.78, 5) is 42.1. The number of hydrogen-bond acceptors (Lipinski definition) is 9. The zero-order valence-corrected chi connectivity index (χ0v) is 27.3. The minimum atomic E-state index is -1.41. The summed E-state index contributed by atoms with van der Waals surface area (Å²) in [7, 11) is -1.41. The molecule has 1 aromatic carbocycles. The van der Waals surface area contributed by atoms with E-state index in [2.05, 4.69) is 6.92 Å². The van der Waals surface area contributed by atoms with Gasteiger partial charge in [-0.2, -0.15) is 0 Å². The molecule has 6 rings (SSSR count). The third-order valence-electron chi connectivity index (χ3n) is 12.8. The van der Waals surface area contributed by atoms with Crippen LogP contribution in [-0.2, 0) is 30.4 Å². The van der Waals surface area contributed by atoms with E-state index in [0.29, 0.717) is 44.3 Å². The highest BCUT2D eigenvalue weighted by Gasteiger charge is 2.68. The molecule has 3 aliphatic carbocycles. The molecule has 4 fully saturated rings. The molecule has 3 N–H and O–H groups in total. The van der Waals surface area contributed by atoms with Crippen molar-refractivity contribution in [2.75, 3.05) is 19.7 Å². The topological polar surface area (TPSA) is 143 Å². The van der Waals surface area contributed by atoms with Gasteiger partial charge in [0.05, 0.1) is 18.8 Å². The van der Waals surface area contributed by atoms with E-state index in [9.17, 15) is 29.6 Å². The number of benzene rings is 1. The van der Waals surface area contributed by atoms with Gasteiger partial charge in [-0.1, -0.05) is 33.8 Å². The van der Waals surface area contributed by atoms with Crippen LogP contribution in [0.2, 0.25) is 0 Å². The van der Waals surface area contributed by atoms with Crippen LogP contribution in [0.15, 0.2) is 12.1 Å². The van der Waals surface area contributed by atoms with Gasteiger partial charge in [0.2, 0.25) is 5.91 Å². The summed E-state index contributed by atoms with van der Waals surface area (Å²) < 4.78 is 32.1. The van der Waals surface area contributed by atoms with E-state index in [4.69, 9.17) is 14.1 Å². The number of fused-ring (bicyclic) bond motifs is 1. The van der Waals surface area contributed by atoms with Crippen molar-refractivity contribution in [3.8, 4) is 5.75 Å². The second-order valence-corrected chi connectivity index (χ2v) is 15.2. The van der Waals surface area contributed by atoms with Crippen molar-refractivity contribution < 1.29 is 48.1 Å². The summed E-state index contributed by atoms with van der Waals surface area (Å²) in [5.74, 6) is -2.27. The average Bonchev–Trinajstić information content (AvgIpc) is 3.73. The molecule has 46 heavy (non-hydrogen) atoms. The Hall–Kier alpha value is -2.54. The second-order valence-electron chi connectivity index (χ2n) is 15.2. The number of ketones is 1. The van der Waals surface area contributed by atoms with Crippen LogP contribution in [0.1, 0.15) is 84.6 Å². The third-order valence-corrected chi connectivity index (χ3v) is 12.8. The van der Waals surface area contributed by atoms with E-state index in [1.165, 1.54) is 6.07 Å².